The average molecular weight is 371 g/mol. The number of halogens is 1. The molecule has 3 aromatic rings. The minimum atomic E-state index is -0.362. The van der Waals surface area contributed by atoms with Gasteiger partial charge in [0.05, 0.1) is 5.75 Å². The Bertz CT molecular complexity index is 882. The first-order chi connectivity index (χ1) is 12.5. The number of nitrogens with zero attached hydrogens (tertiary/aromatic N) is 3. The van der Waals surface area contributed by atoms with Crippen molar-refractivity contribution in [1.29, 1.82) is 0 Å². The predicted octanol–water partition coefficient (Wildman–Crippen LogP) is 4.07. The summed E-state index contributed by atoms with van der Waals surface area (Å²) in [6.45, 7) is 1.90. The van der Waals surface area contributed by atoms with Gasteiger partial charge in [0.15, 0.2) is 22.9 Å². The van der Waals surface area contributed by atoms with Crippen LogP contribution in [0.15, 0.2) is 59.8 Å². The van der Waals surface area contributed by atoms with Gasteiger partial charge in [-0.05, 0) is 43.3 Å². The smallest absolute Gasteiger partial charge is 0.191 e. The van der Waals surface area contributed by atoms with Gasteiger partial charge in [0.25, 0.3) is 0 Å². The van der Waals surface area contributed by atoms with Crippen molar-refractivity contribution >= 4 is 17.5 Å². The summed E-state index contributed by atoms with van der Waals surface area (Å²) in [6.07, 6.45) is -0.281. The van der Waals surface area contributed by atoms with Crippen molar-refractivity contribution in [3.05, 3.63) is 71.8 Å². The van der Waals surface area contributed by atoms with Gasteiger partial charge in [-0.1, -0.05) is 30.0 Å². The van der Waals surface area contributed by atoms with Crippen molar-refractivity contribution in [3.63, 3.8) is 0 Å². The topological polar surface area (TPSA) is 57.0 Å². The van der Waals surface area contributed by atoms with Crippen molar-refractivity contribution < 1.29 is 13.9 Å². The van der Waals surface area contributed by atoms with Crippen LogP contribution in [-0.2, 0) is 7.05 Å². The first-order valence-corrected chi connectivity index (χ1v) is 9.05. The highest BCUT2D eigenvalue weighted by Crippen LogP contribution is 2.23. The lowest BCUT2D eigenvalue weighted by Gasteiger charge is -2.14. The molecule has 26 heavy (non-hydrogen) atoms. The highest BCUT2D eigenvalue weighted by Gasteiger charge is 2.18. The number of carbonyl (C=O) groups is 1. The molecule has 1 atom stereocenters. The molecular weight excluding hydrogens is 353 g/mol. The van der Waals surface area contributed by atoms with E-state index in [0.29, 0.717) is 16.5 Å². The summed E-state index contributed by atoms with van der Waals surface area (Å²) in [5.41, 5.74) is 0.474. The molecule has 0 saturated carbocycles. The van der Waals surface area contributed by atoms with Crippen LogP contribution in [0.5, 0.6) is 5.75 Å². The third-order valence-electron chi connectivity index (χ3n) is 3.79. The number of ketones is 1. The van der Waals surface area contributed by atoms with E-state index in [9.17, 15) is 9.18 Å². The van der Waals surface area contributed by atoms with Crippen molar-refractivity contribution in [1.82, 2.24) is 14.8 Å². The van der Waals surface area contributed by atoms with E-state index in [1.807, 2.05) is 48.9 Å². The molecule has 0 N–H and O–H groups in total. The molecule has 0 amide bonds. The van der Waals surface area contributed by atoms with Crippen molar-refractivity contribution in [2.75, 3.05) is 5.75 Å². The van der Waals surface area contributed by atoms with E-state index >= 15 is 0 Å². The second kappa shape index (κ2) is 8.14. The van der Waals surface area contributed by atoms with Crippen LogP contribution in [0, 0.1) is 5.82 Å². The Morgan fingerprint density at radius 3 is 2.54 bits per heavy atom. The molecule has 1 heterocycles. The van der Waals surface area contributed by atoms with Gasteiger partial charge in [-0.3, -0.25) is 4.79 Å². The molecule has 134 valence electrons. The summed E-state index contributed by atoms with van der Waals surface area (Å²) in [5, 5.41) is 8.95. The molecule has 0 aliphatic rings. The maximum atomic E-state index is 12.9. The highest BCUT2D eigenvalue weighted by atomic mass is 32.2. The van der Waals surface area contributed by atoms with Gasteiger partial charge in [-0.2, -0.15) is 0 Å². The minimum absolute atomic E-state index is 0.0897. The van der Waals surface area contributed by atoms with E-state index in [-0.39, 0.29) is 23.5 Å². The van der Waals surface area contributed by atoms with Gasteiger partial charge in [-0.25, -0.2) is 4.39 Å². The molecule has 0 unspecified atom stereocenters. The van der Waals surface area contributed by atoms with E-state index in [0.717, 1.165) is 5.75 Å². The third kappa shape index (κ3) is 4.29. The van der Waals surface area contributed by atoms with E-state index in [1.54, 1.807) is 0 Å². The van der Waals surface area contributed by atoms with Gasteiger partial charge in [0, 0.05) is 12.6 Å². The zero-order valence-corrected chi connectivity index (χ0v) is 15.2. The summed E-state index contributed by atoms with van der Waals surface area (Å²) in [5.74, 6) is 1.17. The number of ether oxygens (including phenoxy) is 1. The summed E-state index contributed by atoms with van der Waals surface area (Å²) < 4.78 is 20.6. The summed E-state index contributed by atoms with van der Waals surface area (Å²) in [7, 11) is 1.84. The fourth-order valence-electron chi connectivity index (χ4n) is 2.41. The number of carbonyl (C=O) groups excluding carboxylic acids is 1. The number of benzene rings is 2. The fourth-order valence-corrected chi connectivity index (χ4v) is 3.22. The molecule has 0 aliphatic carbocycles. The molecule has 0 bridgehead atoms. The summed E-state index contributed by atoms with van der Waals surface area (Å²) in [4.78, 5) is 12.2. The highest BCUT2D eigenvalue weighted by molar-refractivity contribution is 7.99. The van der Waals surface area contributed by atoms with Crippen LogP contribution in [0.25, 0.3) is 0 Å². The van der Waals surface area contributed by atoms with E-state index in [1.165, 1.54) is 36.0 Å². The third-order valence-corrected chi connectivity index (χ3v) is 4.81. The second-order valence-electron chi connectivity index (χ2n) is 5.69. The van der Waals surface area contributed by atoms with Gasteiger partial charge >= 0.3 is 0 Å². The number of hydrogen-bond acceptors (Lipinski definition) is 5. The van der Waals surface area contributed by atoms with Crippen LogP contribution in [0.2, 0.25) is 0 Å². The van der Waals surface area contributed by atoms with Crippen LogP contribution in [0.3, 0.4) is 0 Å². The average Bonchev–Trinajstić information content (AvgIpc) is 3.02. The molecule has 5 nitrogen and oxygen atoms in total. The molecule has 0 aliphatic heterocycles. The molecule has 1 aromatic heterocycles. The van der Waals surface area contributed by atoms with E-state index in [2.05, 4.69) is 10.2 Å². The lowest BCUT2D eigenvalue weighted by molar-refractivity contribution is 0.102. The monoisotopic (exact) mass is 371 g/mol. The lowest BCUT2D eigenvalue weighted by atomic mass is 10.1. The normalized spacial score (nSPS) is 12.0. The molecule has 2 aromatic carbocycles. The Kier molecular flexibility index (Phi) is 5.68. The quantitative estimate of drug-likeness (QED) is 0.463. The molecule has 0 fully saturated rings. The zero-order chi connectivity index (χ0) is 18.5. The molecule has 0 spiro atoms. The number of para-hydroxylation sites is 1. The molecule has 0 saturated heterocycles. The number of thioether (sulfide) groups is 1. The number of Topliss-reactive ketones (excluding diaryl/α,β-unsaturated/α-hetero) is 1. The lowest BCUT2D eigenvalue weighted by Crippen LogP contribution is -2.10. The standard InChI is InChI=1S/C19H18FN3O2S/c1-13(25-16-6-4-3-5-7-16)18-21-22-19(23(18)2)26-12-17(24)14-8-10-15(20)11-9-14/h3-11,13H,12H2,1-2H3/t13-/m1/s1. The van der Waals surface area contributed by atoms with Gasteiger partial charge in [-0.15, -0.1) is 10.2 Å². The first kappa shape index (κ1) is 18.1. The van der Waals surface area contributed by atoms with Crippen LogP contribution < -0.4 is 4.74 Å². The van der Waals surface area contributed by atoms with Gasteiger partial charge < -0.3 is 9.30 Å². The maximum Gasteiger partial charge on any atom is 0.191 e. The van der Waals surface area contributed by atoms with E-state index < -0.39 is 0 Å². The Morgan fingerprint density at radius 2 is 1.85 bits per heavy atom. The van der Waals surface area contributed by atoms with Crippen molar-refractivity contribution in [2.24, 2.45) is 7.05 Å². The molecule has 3 rings (SSSR count). The Labute approximate surface area is 155 Å². The van der Waals surface area contributed by atoms with E-state index in [4.69, 9.17) is 4.74 Å². The Hall–Kier alpha value is -2.67. The van der Waals surface area contributed by atoms with Crippen molar-refractivity contribution in [2.45, 2.75) is 18.2 Å². The Morgan fingerprint density at radius 1 is 1.15 bits per heavy atom. The largest absolute Gasteiger partial charge is 0.483 e. The van der Waals surface area contributed by atoms with Crippen molar-refractivity contribution in [3.8, 4) is 5.75 Å². The first-order valence-electron chi connectivity index (χ1n) is 8.07. The molecular formula is C19H18FN3O2S. The summed E-state index contributed by atoms with van der Waals surface area (Å²) in [6, 6.07) is 15.0. The maximum absolute atomic E-state index is 12.9. The predicted molar refractivity (Wildman–Crippen MR) is 97.9 cm³/mol. The summed E-state index contributed by atoms with van der Waals surface area (Å²) >= 11 is 1.29. The number of aromatic nitrogens is 3. The van der Waals surface area contributed by atoms with Crippen LogP contribution >= 0.6 is 11.8 Å². The number of hydrogen-bond donors (Lipinski definition) is 0. The molecule has 7 heteroatoms. The van der Waals surface area contributed by atoms with Crippen LogP contribution in [-0.4, -0.2) is 26.3 Å². The fraction of sp³-hybridized carbons (Fsp3) is 0.211. The second-order valence-corrected chi connectivity index (χ2v) is 6.63. The Balaban J connectivity index is 1.63. The number of rotatable bonds is 7. The van der Waals surface area contributed by atoms with Crippen LogP contribution in [0.4, 0.5) is 4.39 Å². The van der Waals surface area contributed by atoms with Crippen LogP contribution in [0.1, 0.15) is 29.2 Å². The zero-order valence-electron chi connectivity index (χ0n) is 14.4. The van der Waals surface area contributed by atoms with Gasteiger partial charge in [0.2, 0.25) is 0 Å². The minimum Gasteiger partial charge on any atom is -0.483 e. The molecule has 0 radical (unpaired) electrons. The van der Waals surface area contributed by atoms with Gasteiger partial charge in [0.1, 0.15) is 11.6 Å². The SMILES string of the molecule is C[C@@H](Oc1ccccc1)c1nnc(SCC(=O)c2ccc(F)cc2)n1C.